The molecule has 12 atom stereocenters. The van der Waals surface area contributed by atoms with E-state index in [2.05, 4.69) is 0 Å². The number of ketones is 1. The number of nitrogens with zero attached hydrogens (tertiary/aromatic N) is 1. The zero-order chi connectivity index (χ0) is 30.7. The fourth-order valence-corrected chi connectivity index (χ4v) is 6.27. The predicted octanol–water partition coefficient (Wildman–Crippen LogP) is 2.46. The first-order chi connectivity index (χ1) is 18.4. The van der Waals surface area contributed by atoms with Crippen molar-refractivity contribution in [1.82, 2.24) is 4.90 Å². The van der Waals surface area contributed by atoms with E-state index in [1.54, 1.807) is 41.5 Å². The summed E-state index contributed by atoms with van der Waals surface area (Å²) in [7, 11) is 5.28. The Morgan fingerprint density at radius 1 is 1.10 bits per heavy atom. The maximum absolute atomic E-state index is 13.5. The van der Waals surface area contributed by atoms with Crippen LogP contribution in [-0.4, -0.2) is 107 Å². The molecule has 0 unspecified atom stereocenters. The first-order valence-corrected chi connectivity index (χ1v) is 14.4. The van der Waals surface area contributed by atoms with Gasteiger partial charge in [0.2, 0.25) is 0 Å². The van der Waals surface area contributed by atoms with Gasteiger partial charge in [-0.05, 0) is 79.6 Å². The molecule has 1 saturated heterocycles. The van der Waals surface area contributed by atoms with Crippen molar-refractivity contribution in [2.24, 2.45) is 17.8 Å². The summed E-state index contributed by atoms with van der Waals surface area (Å²) in [6, 6.07) is -0.220. The van der Waals surface area contributed by atoms with Crippen molar-refractivity contribution in [3.8, 4) is 0 Å². The Balaban J connectivity index is 2.61. The van der Waals surface area contributed by atoms with Crippen molar-refractivity contribution in [3.05, 3.63) is 11.6 Å². The highest BCUT2D eigenvalue weighted by atomic mass is 16.7. The predicted molar refractivity (Wildman–Crippen MR) is 150 cm³/mol. The monoisotopic (exact) mass is 571 g/mol. The molecule has 0 radical (unpaired) electrons. The van der Waals surface area contributed by atoms with Gasteiger partial charge in [0.15, 0.2) is 12.1 Å². The molecule has 0 bridgehead atoms. The molecule has 0 spiro atoms. The number of cyclic esters (lactones) is 1. The highest BCUT2D eigenvalue weighted by Gasteiger charge is 2.49. The Morgan fingerprint density at radius 3 is 2.23 bits per heavy atom. The van der Waals surface area contributed by atoms with Gasteiger partial charge in [-0.1, -0.05) is 20.8 Å². The maximum Gasteiger partial charge on any atom is 0.311 e. The standard InChI is InChI=1S/C30H53NO9/c1-12-22-29(7,36)14-16(2)23(32)17(3)15-30(8,37-11)26(19(5)24(33)20(6)27(35)39-22)40-28-25(34)21(31(9)10)13-18(4)38-28/h14,17-22,24-26,28,33-34,36H,12-13,15H2,1-11H3/t17-,18-,19+,20-,21+,22-,24+,25-,26-,28+,29+,30+/m1/s1. The Bertz CT molecular complexity index is 906. The fraction of sp³-hybridized carbons (Fsp3) is 0.867. The van der Waals surface area contributed by atoms with E-state index >= 15 is 0 Å². The number of ether oxygens (including phenoxy) is 4. The average molecular weight is 572 g/mol. The number of rotatable bonds is 5. The number of aliphatic hydroxyl groups is 3. The average Bonchev–Trinajstić information content (AvgIpc) is 2.88. The molecule has 0 amide bonds. The van der Waals surface area contributed by atoms with Gasteiger partial charge in [-0.3, -0.25) is 9.59 Å². The van der Waals surface area contributed by atoms with Gasteiger partial charge < -0.3 is 39.2 Å². The lowest BCUT2D eigenvalue weighted by Gasteiger charge is -2.47. The molecular weight excluding hydrogens is 518 g/mol. The molecule has 1 fully saturated rings. The van der Waals surface area contributed by atoms with E-state index in [0.717, 1.165) is 0 Å². The number of Topliss-reactive ketones (excluding diaryl/α,β-unsaturated/α-hetero) is 1. The van der Waals surface area contributed by atoms with Crippen LogP contribution >= 0.6 is 0 Å². The minimum atomic E-state index is -1.59. The number of hydrogen-bond donors (Lipinski definition) is 3. The summed E-state index contributed by atoms with van der Waals surface area (Å²) < 4.78 is 24.3. The van der Waals surface area contributed by atoms with Crippen LogP contribution in [-0.2, 0) is 28.5 Å². The van der Waals surface area contributed by atoms with Crippen molar-refractivity contribution in [2.75, 3.05) is 21.2 Å². The molecule has 0 aromatic rings. The topological polar surface area (TPSA) is 135 Å². The van der Waals surface area contributed by atoms with Crippen LogP contribution in [0.4, 0.5) is 0 Å². The number of allylic oxidation sites excluding steroid dienone is 1. The number of esters is 1. The number of carbonyl (C=O) groups is 2. The van der Waals surface area contributed by atoms with Gasteiger partial charge in [0, 0.05) is 25.0 Å². The van der Waals surface area contributed by atoms with Crippen molar-refractivity contribution in [3.63, 3.8) is 0 Å². The third-order valence-electron chi connectivity index (χ3n) is 8.86. The van der Waals surface area contributed by atoms with Gasteiger partial charge in [-0.2, -0.15) is 0 Å². The molecule has 2 aliphatic rings. The fourth-order valence-electron chi connectivity index (χ4n) is 6.27. The normalized spacial score (nSPS) is 44.6. The van der Waals surface area contributed by atoms with Crippen LogP contribution < -0.4 is 0 Å². The summed E-state index contributed by atoms with van der Waals surface area (Å²) in [5.74, 6) is -3.09. The highest BCUT2D eigenvalue weighted by Crippen LogP contribution is 2.38. The zero-order valence-corrected chi connectivity index (χ0v) is 26.2. The summed E-state index contributed by atoms with van der Waals surface area (Å²) in [4.78, 5) is 28.6. The summed E-state index contributed by atoms with van der Waals surface area (Å²) in [5, 5.41) is 33.8. The quantitative estimate of drug-likeness (QED) is 0.422. The first kappa shape index (κ1) is 34.8. The number of hydrogen-bond acceptors (Lipinski definition) is 10. The molecular formula is C30H53NO9. The molecule has 0 aliphatic carbocycles. The minimum Gasteiger partial charge on any atom is -0.459 e. The van der Waals surface area contributed by atoms with Crippen LogP contribution in [0.2, 0.25) is 0 Å². The molecule has 0 saturated carbocycles. The van der Waals surface area contributed by atoms with E-state index in [-0.39, 0.29) is 24.3 Å². The summed E-state index contributed by atoms with van der Waals surface area (Å²) >= 11 is 0. The van der Waals surface area contributed by atoms with E-state index in [9.17, 15) is 24.9 Å². The van der Waals surface area contributed by atoms with Crippen LogP contribution in [0.1, 0.15) is 74.7 Å². The number of methoxy groups -OCH3 is 1. The summed E-state index contributed by atoms with van der Waals surface area (Å²) in [6.45, 7) is 13.7. The van der Waals surface area contributed by atoms with E-state index in [0.29, 0.717) is 18.4 Å². The van der Waals surface area contributed by atoms with Crippen molar-refractivity contribution < 1.29 is 43.9 Å². The second-order valence-electron chi connectivity index (χ2n) is 12.6. The number of aliphatic hydroxyl groups excluding tert-OH is 2. The molecule has 2 aliphatic heterocycles. The molecule has 10 heteroatoms. The number of carbonyl (C=O) groups excluding carboxylic acids is 2. The van der Waals surface area contributed by atoms with E-state index in [4.69, 9.17) is 18.9 Å². The lowest BCUT2D eigenvalue weighted by Crippen LogP contribution is -2.59. The first-order valence-electron chi connectivity index (χ1n) is 14.4. The van der Waals surface area contributed by atoms with E-state index < -0.39 is 65.6 Å². The minimum absolute atomic E-state index is 0.197. The van der Waals surface area contributed by atoms with Crippen LogP contribution in [0.15, 0.2) is 11.6 Å². The second kappa shape index (κ2) is 13.7. The molecule has 3 N–H and O–H groups in total. The molecule has 10 nitrogen and oxygen atoms in total. The van der Waals surface area contributed by atoms with Crippen LogP contribution in [0.25, 0.3) is 0 Å². The second-order valence-corrected chi connectivity index (χ2v) is 12.6. The van der Waals surface area contributed by atoms with Crippen molar-refractivity contribution >= 4 is 11.8 Å². The van der Waals surface area contributed by atoms with Gasteiger partial charge >= 0.3 is 5.97 Å². The van der Waals surface area contributed by atoms with Gasteiger partial charge in [-0.25, -0.2) is 0 Å². The SMILES string of the molecule is CC[C@H]1OC(=O)[C@H](C)[C@@H](O)[C@H](C)[C@@H](O[C@@H]2O[C@H](C)C[C@H](N(C)C)[C@H]2O)[C@@](C)(OC)C[C@@H](C)C(=O)C(C)=C[C@]1(C)O. The van der Waals surface area contributed by atoms with E-state index in [1.165, 1.54) is 20.1 Å². The van der Waals surface area contributed by atoms with Gasteiger partial charge in [-0.15, -0.1) is 0 Å². The Labute approximate surface area is 240 Å². The van der Waals surface area contributed by atoms with Gasteiger partial charge in [0.25, 0.3) is 0 Å². The maximum atomic E-state index is 13.5. The molecule has 232 valence electrons. The largest absolute Gasteiger partial charge is 0.459 e. The van der Waals surface area contributed by atoms with Crippen molar-refractivity contribution in [2.45, 2.75) is 129 Å². The molecule has 2 heterocycles. The highest BCUT2D eigenvalue weighted by molar-refractivity contribution is 5.96. The zero-order valence-electron chi connectivity index (χ0n) is 26.2. The Kier molecular flexibility index (Phi) is 11.9. The number of likely N-dealkylation sites (N-methyl/N-ethyl adjacent to an activating group) is 1. The van der Waals surface area contributed by atoms with Crippen LogP contribution in [0.3, 0.4) is 0 Å². The summed E-state index contributed by atoms with van der Waals surface area (Å²) in [5.41, 5.74) is -2.38. The van der Waals surface area contributed by atoms with Crippen LogP contribution in [0, 0.1) is 17.8 Å². The smallest absolute Gasteiger partial charge is 0.311 e. The molecule has 40 heavy (non-hydrogen) atoms. The van der Waals surface area contributed by atoms with Crippen molar-refractivity contribution in [1.29, 1.82) is 0 Å². The lowest BCUT2D eigenvalue weighted by molar-refractivity contribution is -0.301. The Hall–Kier alpha value is -1.40. The van der Waals surface area contributed by atoms with Crippen LogP contribution in [0.5, 0.6) is 0 Å². The molecule has 2 rings (SSSR count). The Morgan fingerprint density at radius 2 is 1.70 bits per heavy atom. The third kappa shape index (κ3) is 7.70. The van der Waals surface area contributed by atoms with Gasteiger partial charge in [0.1, 0.15) is 17.8 Å². The van der Waals surface area contributed by atoms with E-state index in [1.807, 2.05) is 25.9 Å². The summed E-state index contributed by atoms with van der Waals surface area (Å²) in [6.07, 6.45) is -2.68. The van der Waals surface area contributed by atoms with Gasteiger partial charge in [0.05, 0.1) is 29.8 Å². The third-order valence-corrected chi connectivity index (χ3v) is 8.86. The molecule has 0 aromatic heterocycles. The molecule has 0 aromatic carbocycles. The lowest BCUT2D eigenvalue weighted by atomic mass is 9.76.